The number of hydrogen-bond donors (Lipinski definition) is 2. The lowest BCUT2D eigenvalue weighted by molar-refractivity contribution is -0.384. The fourth-order valence-corrected chi connectivity index (χ4v) is 3.58. The number of carbonyl (C=O) groups is 3. The van der Waals surface area contributed by atoms with Crippen molar-refractivity contribution in [3.05, 3.63) is 75.8 Å². The first kappa shape index (κ1) is 23.9. The van der Waals surface area contributed by atoms with E-state index in [4.69, 9.17) is 0 Å². The van der Waals surface area contributed by atoms with Gasteiger partial charge in [0.25, 0.3) is 11.6 Å². The Morgan fingerprint density at radius 3 is 2.21 bits per heavy atom. The van der Waals surface area contributed by atoms with E-state index >= 15 is 0 Å². The molecule has 1 saturated heterocycles. The van der Waals surface area contributed by atoms with Crippen LogP contribution >= 0.6 is 0 Å². The molecule has 0 bridgehead atoms. The van der Waals surface area contributed by atoms with E-state index < -0.39 is 16.7 Å². The van der Waals surface area contributed by atoms with Crippen molar-refractivity contribution >= 4 is 23.4 Å². The van der Waals surface area contributed by atoms with Gasteiger partial charge >= 0.3 is 11.8 Å². The fraction of sp³-hybridized carbons (Fsp3) is 0.348. The van der Waals surface area contributed by atoms with E-state index in [1.165, 1.54) is 24.3 Å². The smallest absolute Gasteiger partial charge is 0.309 e. The predicted octanol–water partition coefficient (Wildman–Crippen LogP) is 1.35. The summed E-state index contributed by atoms with van der Waals surface area (Å²) < 4.78 is 0. The van der Waals surface area contributed by atoms with E-state index in [0.29, 0.717) is 44.8 Å². The van der Waals surface area contributed by atoms with Crippen molar-refractivity contribution in [3.8, 4) is 0 Å². The standard InChI is InChI=1S/C23H27N5O5/c1-17(18-5-3-2-4-6-18)25-22(30)21(29)24-11-12-26-13-15-27(16-14-26)23(31)19-7-9-20(10-8-19)28(32)33/h2-10,17H,11-16H2,1H3,(H,24,29)(H,25,30)/t17-/m1/s1. The molecule has 0 radical (unpaired) electrons. The number of piperazine rings is 1. The minimum Gasteiger partial charge on any atom is -0.347 e. The second-order valence-corrected chi connectivity index (χ2v) is 7.80. The van der Waals surface area contributed by atoms with E-state index in [9.17, 15) is 24.5 Å². The van der Waals surface area contributed by atoms with Gasteiger partial charge in [-0.05, 0) is 24.6 Å². The molecule has 0 spiro atoms. The van der Waals surface area contributed by atoms with Gasteiger partial charge in [0, 0.05) is 57.0 Å². The number of carbonyl (C=O) groups excluding carboxylic acids is 3. The zero-order valence-corrected chi connectivity index (χ0v) is 18.4. The molecule has 10 nitrogen and oxygen atoms in total. The van der Waals surface area contributed by atoms with Crippen LogP contribution in [0.5, 0.6) is 0 Å². The monoisotopic (exact) mass is 453 g/mol. The normalized spacial score (nSPS) is 14.9. The minimum atomic E-state index is -0.676. The van der Waals surface area contributed by atoms with Crippen LogP contribution in [0.4, 0.5) is 5.69 Å². The van der Waals surface area contributed by atoms with Crippen LogP contribution in [0.1, 0.15) is 28.9 Å². The van der Waals surface area contributed by atoms with E-state index in [1.807, 2.05) is 37.3 Å². The summed E-state index contributed by atoms with van der Waals surface area (Å²) in [6.45, 7) is 4.99. The Labute approximate surface area is 191 Å². The number of nitro groups is 1. The van der Waals surface area contributed by atoms with Crippen molar-refractivity contribution in [2.45, 2.75) is 13.0 Å². The summed E-state index contributed by atoms with van der Waals surface area (Å²) >= 11 is 0. The first-order valence-electron chi connectivity index (χ1n) is 10.7. The largest absolute Gasteiger partial charge is 0.347 e. The Balaban J connectivity index is 1.37. The fourth-order valence-electron chi connectivity index (χ4n) is 3.58. The maximum atomic E-state index is 12.6. The van der Waals surface area contributed by atoms with Gasteiger partial charge in [-0.3, -0.25) is 29.4 Å². The Bertz CT molecular complexity index is 988. The van der Waals surface area contributed by atoms with Crippen molar-refractivity contribution < 1.29 is 19.3 Å². The maximum Gasteiger partial charge on any atom is 0.309 e. The number of non-ortho nitro benzene ring substituents is 1. The highest BCUT2D eigenvalue weighted by Gasteiger charge is 2.23. The third kappa shape index (κ3) is 6.59. The zero-order chi connectivity index (χ0) is 23.8. The van der Waals surface area contributed by atoms with Crippen molar-refractivity contribution in [3.63, 3.8) is 0 Å². The lowest BCUT2D eigenvalue weighted by atomic mass is 10.1. The Hall–Kier alpha value is -3.79. The first-order valence-corrected chi connectivity index (χ1v) is 10.7. The van der Waals surface area contributed by atoms with Crippen LogP contribution in [0, 0.1) is 10.1 Å². The molecule has 0 aliphatic carbocycles. The Morgan fingerprint density at radius 1 is 0.970 bits per heavy atom. The van der Waals surface area contributed by atoms with Gasteiger partial charge in [-0.2, -0.15) is 0 Å². The minimum absolute atomic E-state index is 0.0541. The van der Waals surface area contributed by atoms with Gasteiger partial charge in [0.15, 0.2) is 0 Å². The molecule has 1 heterocycles. The molecule has 3 amide bonds. The van der Waals surface area contributed by atoms with E-state index in [0.717, 1.165) is 5.56 Å². The lowest BCUT2D eigenvalue weighted by Crippen LogP contribution is -2.51. The molecule has 0 saturated carbocycles. The van der Waals surface area contributed by atoms with Gasteiger partial charge in [0.05, 0.1) is 11.0 Å². The van der Waals surface area contributed by atoms with Crippen molar-refractivity contribution in [1.29, 1.82) is 0 Å². The molecule has 1 aliphatic heterocycles. The zero-order valence-electron chi connectivity index (χ0n) is 18.4. The molecule has 0 unspecified atom stereocenters. The van der Waals surface area contributed by atoms with Crippen LogP contribution in [0.25, 0.3) is 0 Å². The number of rotatable bonds is 7. The lowest BCUT2D eigenvalue weighted by Gasteiger charge is -2.34. The summed E-state index contributed by atoms with van der Waals surface area (Å²) in [5.74, 6) is -1.52. The molecule has 1 fully saturated rings. The van der Waals surface area contributed by atoms with Gasteiger partial charge in [-0.1, -0.05) is 30.3 Å². The van der Waals surface area contributed by atoms with Crippen LogP contribution in [-0.4, -0.2) is 71.7 Å². The van der Waals surface area contributed by atoms with Gasteiger partial charge in [0.2, 0.25) is 0 Å². The Morgan fingerprint density at radius 2 is 1.61 bits per heavy atom. The summed E-state index contributed by atoms with van der Waals surface area (Å²) in [7, 11) is 0. The number of amides is 3. The van der Waals surface area contributed by atoms with Crippen LogP contribution < -0.4 is 10.6 Å². The number of hydrogen-bond acceptors (Lipinski definition) is 6. The number of benzene rings is 2. The molecule has 2 aromatic carbocycles. The molecule has 174 valence electrons. The van der Waals surface area contributed by atoms with Gasteiger partial charge in [-0.15, -0.1) is 0 Å². The molecule has 2 N–H and O–H groups in total. The average Bonchev–Trinajstić information content (AvgIpc) is 2.84. The summed E-state index contributed by atoms with van der Waals surface area (Å²) in [6.07, 6.45) is 0. The van der Waals surface area contributed by atoms with Crippen molar-refractivity contribution in [2.24, 2.45) is 0 Å². The van der Waals surface area contributed by atoms with Gasteiger partial charge in [0.1, 0.15) is 0 Å². The quantitative estimate of drug-likeness (QED) is 0.370. The van der Waals surface area contributed by atoms with Gasteiger partial charge < -0.3 is 15.5 Å². The predicted molar refractivity (Wildman–Crippen MR) is 121 cm³/mol. The van der Waals surface area contributed by atoms with Gasteiger partial charge in [-0.25, -0.2) is 0 Å². The number of nitro benzene ring substituents is 1. The molecule has 2 aromatic rings. The van der Waals surface area contributed by atoms with Crippen LogP contribution in [0.15, 0.2) is 54.6 Å². The highest BCUT2D eigenvalue weighted by atomic mass is 16.6. The summed E-state index contributed by atoms with van der Waals surface area (Å²) in [5, 5.41) is 16.1. The molecule has 0 aromatic heterocycles. The highest BCUT2D eigenvalue weighted by Crippen LogP contribution is 2.15. The van der Waals surface area contributed by atoms with E-state index in [2.05, 4.69) is 15.5 Å². The number of nitrogens with zero attached hydrogens (tertiary/aromatic N) is 3. The molecular formula is C23H27N5O5. The van der Waals surface area contributed by atoms with Crippen molar-refractivity contribution in [2.75, 3.05) is 39.3 Å². The topological polar surface area (TPSA) is 125 Å². The molecule has 10 heteroatoms. The van der Waals surface area contributed by atoms with Crippen LogP contribution in [0.3, 0.4) is 0 Å². The molecule has 33 heavy (non-hydrogen) atoms. The third-order valence-corrected chi connectivity index (χ3v) is 5.55. The molecule has 3 rings (SSSR count). The van der Waals surface area contributed by atoms with E-state index in [1.54, 1.807) is 4.90 Å². The molecule has 1 atom stereocenters. The first-order chi connectivity index (χ1) is 15.8. The summed E-state index contributed by atoms with van der Waals surface area (Å²) in [5.41, 5.74) is 1.28. The summed E-state index contributed by atoms with van der Waals surface area (Å²) in [4.78, 5) is 50.8. The van der Waals surface area contributed by atoms with Crippen LogP contribution in [0.2, 0.25) is 0 Å². The molecule has 1 aliphatic rings. The second kappa shape index (κ2) is 11.2. The third-order valence-electron chi connectivity index (χ3n) is 5.55. The number of nitrogens with one attached hydrogen (secondary N) is 2. The Kier molecular flexibility index (Phi) is 8.09. The average molecular weight is 453 g/mol. The van der Waals surface area contributed by atoms with Crippen LogP contribution in [-0.2, 0) is 9.59 Å². The second-order valence-electron chi connectivity index (χ2n) is 7.80. The summed E-state index contributed by atoms with van der Waals surface area (Å²) in [6, 6.07) is 14.7. The SMILES string of the molecule is C[C@@H](NC(=O)C(=O)NCCN1CCN(C(=O)c2ccc([N+](=O)[O-])cc2)CC1)c1ccccc1. The highest BCUT2D eigenvalue weighted by molar-refractivity contribution is 6.35. The maximum absolute atomic E-state index is 12.6. The molecular weight excluding hydrogens is 426 g/mol. The van der Waals surface area contributed by atoms with E-state index in [-0.39, 0.29) is 17.6 Å². The van der Waals surface area contributed by atoms with Crippen molar-refractivity contribution in [1.82, 2.24) is 20.4 Å².